The molecule has 0 aromatic heterocycles. The van der Waals surface area contributed by atoms with Crippen LogP contribution in [0.2, 0.25) is 5.02 Å². The maximum absolute atomic E-state index is 12.6. The minimum absolute atomic E-state index is 0.149. The molecule has 0 atom stereocenters. The first kappa shape index (κ1) is 20.9. The van der Waals surface area contributed by atoms with Crippen molar-refractivity contribution in [3.05, 3.63) is 87.9 Å². The first-order valence-electron chi connectivity index (χ1n) is 8.93. The lowest BCUT2D eigenvalue weighted by Gasteiger charge is -2.12. The van der Waals surface area contributed by atoms with Gasteiger partial charge in [-0.15, -0.1) is 0 Å². The van der Waals surface area contributed by atoms with Gasteiger partial charge in [0.2, 0.25) is 0 Å². The van der Waals surface area contributed by atoms with E-state index in [-0.39, 0.29) is 27.1 Å². The highest BCUT2D eigenvalue weighted by molar-refractivity contribution is 7.92. The first-order chi connectivity index (χ1) is 13.7. The summed E-state index contributed by atoms with van der Waals surface area (Å²) >= 11 is 6.26. The molecular weight excluding hydrogens is 408 g/mol. The van der Waals surface area contributed by atoms with Crippen LogP contribution in [0.4, 0.5) is 11.4 Å². The van der Waals surface area contributed by atoms with Crippen molar-refractivity contribution in [3.63, 3.8) is 0 Å². The molecule has 29 heavy (non-hydrogen) atoms. The van der Waals surface area contributed by atoms with Crippen LogP contribution in [0.5, 0.6) is 0 Å². The molecule has 3 aromatic rings. The van der Waals surface area contributed by atoms with Crippen molar-refractivity contribution in [1.82, 2.24) is 0 Å². The van der Waals surface area contributed by atoms with E-state index in [0.717, 1.165) is 16.7 Å². The molecular formula is C22H21ClN2O3S. The maximum atomic E-state index is 12.6. The van der Waals surface area contributed by atoms with E-state index in [1.54, 1.807) is 12.1 Å². The second kappa shape index (κ2) is 8.27. The van der Waals surface area contributed by atoms with Gasteiger partial charge in [-0.25, -0.2) is 8.42 Å². The molecule has 0 spiro atoms. The minimum atomic E-state index is -3.75. The molecule has 0 bridgehead atoms. The predicted molar refractivity (Wildman–Crippen MR) is 117 cm³/mol. The van der Waals surface area contributed by atoms with Gasteiger partial charge in [-0.1, -0.05) is 47.0 Å². The molecule has 1 amide bonds. The summed E-state index contributed by atoms with van der Waals surface area (Å²) < 4.78 is 27.5. The van der Waals surface area contributed by atoms with Gasteiger partial charge in [0.05, 0.1) is 21.2 Å². The first-order valence-corrected chi connectivity index (χ1v) is 10.8. The molecule has 0 saturated heterocycles. The number of carbonyl (C=O) groups excluding carboxylic acids is 1. The van der Waals surface area contributed by atoms with Crippen LogP contribution in [0.1, 0.15) is 27.0 Å². The van der Waals surface area contributed by atoms with Crippen LogP contribution in [-0.4, -0.2) is 14.3 Å². The largest absolute Gasteiger partial charge is 0.322 e. The zero-order valence-electron chi connectivity index (χ0n) is 16.3. The Bertz CT molecular complexity index is 1170. The van der Waals surface area contributed by atoms with E-state index in [0.29, 0.717) is 5.69 Å². The molecule has 0 aliphatic heterocycles. The number of hydrogen-bond donors (Lipinski definition) is 2. The molecule has 3 aromatic carbocycles. The monoisotopic (exact) mass is 428 g/mol. The van der Waals surface area contributed by atoms with Gasteiger partial charge >= 0.3 is 0 Å². The van der Waals surface area contributed by atoms with E-state index < -0.39 is 10.0 Å². The molecule has 2 N–H and O–H groups in total. The van der Waals surface area contributed by atoms with E-state index >= 15 is 0 Å². The van der Waals surface area contributed by atoms with Crippen molar-refractivity contribution < 1.29 is 13.2 Å². The van der Waals surface area contributed by atoms with E-state index in [1.807, 2.05) is 39.0 Å². The average Bonchev–Trinajstić information content (AvgIpc) is 2.64. The highest BCUT2D eigenvalue weighted by Crippen LogP contribution is 2.25. The summed E-state index contributed by atoms with van der Waals surface area (Å²) in [4.78, 5) is 12.7. The molecule has 0 radical (unpaired) electrons. The average molecular weight is 429 g/mol. The summed E-state index contributed by atoms with van der Waals surface area (Å²) in [5.74, 6) is -0.366. The van der Waals surface area contributed by atoms with Crippen molar-refractivity contribution in [2.45, 2.75) is 25.7 Å². The van der Waals surface area contributed by atoms with Gasteiger partial charge in [0.15, 0.2) is 0 Å². The zero-order chi connectivity index (χ0) is 21.2. The van der Waals surface area contributed by atoms with Gasteiger partial charge in [0, 0.05) is 5.69 Å². The SMILES string of the molecule is Cc1ccc(S(=O)(=O)Nc2ccc(C(=O)Nc3ccc(C)cc3C)c(Cl)c2)cc1. The topological polar surface area (TPSA) is 75.3 Å². The summed E-state index contributed by atoms with van der Waals surface area (Å²) in [6, 6.07) is 16.7. The predicted octanol–water partition coefficient (Wildman–Crippen LogP) is 5.32. The number of aryl methyl sites for hydroxylation is 3. The molecule has 3 rings (SSSR count). The molecule has 0 aliphatic carbocycles. The molecule has 0 aliphatic rings. The van der Waals surface area contributed by atoms with Crippen molar-refractivity contribution in [2.24, 2.45) is 0 Å². The fourth-order valence-electron chi connectivity index (χ4n) is 2.84. The van der Waals surface area contributed by atoms with Gasteiger partial charge < -0.3 is 5.32 Å². The van der Waals surface area contributed by atoms with Crippen LogP contribution in [0.3, 0.4) is 0 Å². The standard InChI is InChI=1S/C22H21ClN2O3S/c1-14-4-8-18(9-5-14)29(27,28)25-17-7-10-19(20(23)13-17)22(26)24-21-11-6-15(2)12-16(21)3/h4-13,25H,1-3H3,(H,24,26). The Kier molecular flexibility index (Phi) is 5.96. The van der Waals surface area contributed by atoms with Crippen LogP contribution in [0, 0.1) is 20.8 Å². The smallest absolute Gasteiger partial charge is 0.261 e. The number of amides is 1. The van der Waals surface area contributed by atoms with Crippen molar-refractivity contribution >= 4 is 38.9 Å². The van der Waals surface area contributed by atoms with Crippen LogP contribution in [0.15, 0.2) is 65.6 Å². The number of halogens is 1. The number of nitrogens with one attached hydrogen (secondary N) is 2. The second-order valence-electron chi connectivity index (χ2n) is 6.89. The van der Waals surface area contributed by atoms with E-state index in [1.165, 1.54) is 30.3 Å². The Morgan fingerprint density at radius 1 is 0.862 bits per heavy atom. The van der Waals surface area contributed by atoms with Crippen molar-refractivity contribution in [1.29, 1.82) is 0 Å². The van der Waals surface area contributed by atoms with Gasteiger partial charge in [0.25, 0.3) is 15.9 Å². The second-order valence-corrected chi connectivity index (χ2v) is 8.98. The van der Waals surface area contributed by atoms with Crippen LogP contribution >= 0.6 is 11.6 Å². The summed E-state index contributed by atoms with van der Waals surface area (Å²) in [6.07, 6.45) is 0. The van der Waals surface area contributed by atoms with Crippen LogP contribution < -0.4 is 10.0 Å². The molecule has 150 valence electrons. The summed E-state index contributed by atoms with van der Waals surface area (Å²) in [5, 5.41) is 2.98. The number of sulfonamides is 1. The van der Waals surface area contributed by atoms with Crippen LogP contribution in [0.25, 0.3) is 0 Å². The third-order valence-electron chi connectivity index (χ3n) is 4.43. The Hall–Kier alpha value is -2.83. The van der Waals surface area contributed by atoms with E-state index in [4.69, 9.17) is 11.6 Å². The fourth-order valence-corrected chi connectivity index (χ4v) is 4.15. The summed E-state index contributed by atoms with van der Waals surface area (Å²) in [7, 11) is -3.75. The van der Waals surface area contributed by atoms with Gasteiger partial charge in [-0.05, 0) is 62.7 Å². The number of benzene rings is 3. The molecule has 0 saturated carbocycles. The normalized spacial score (nSPS) is 11.2. The lowest BCUT2D eigenvalue weighted by molar-refractivity contribution is 0.102. The molecule has 0 fully saturated rings. The highest BCUT2D eigenvalue weighted by Gasteiger charge is 2.17. The molecule has 5 nitrogen and oxygen atoms in total. The quantitative estimate of drug-likeness (QED) is 0.577. The maximum Gasteiger partial charge on any atom is 0.261 e. The Morgan fingerprint density at radius 3 is 2.14 bits per heavy atom. The minimum Gasteiger partial charge on any atom is -0.322 e. The third-order valence-corrected chi connectivity index (χ3v) is 6.14. The lowest BCUT2D eigenvalue weighted by Crippen LogP contribution is -2.15. The Labute approximate surface area is 175 Å². The van der Waals surface area contributed by atoms with E-state index in [9.17, 15) is 13.2 Å². The van der Waals surface area contributed by atoms with Crippen LogP contribution in [-0.2, 0) is 10.0 Å². The fraction of sp³-hybridized carbons (Fsp3) is 0.136. The van der Waals surface area contributed by atoms with Gasteiger partial charge in [0.1, 0.15) is 0 Å². The summed E-state index contributed by atoms with van der Waals surface area (Å²) in [6.45, 7) is 5.77. The molecule has 0 heterocycles. The van der Waals surface area contributed by atoms with Gasteiger partial charge in [-0.3, -0.25) is 9.52 Å². The van der Waals surface area contributed by atoms with Gasteiger partial charge in [-0.2, -0.15) is 0 Å². The van der Waals surface area contributed by atoms with E-state index in [2.05, 4.69) is 10.0 Å². The number of hydrogen-bond acceptors (Lipinski definition) is 3. The zero-order valence-corrected chi connectivity index (χ0v) is 17.9. The Morgan fingerprint density at radius 2 is 1.52 bits per heavy atom. The number of carbonyl (C=O) groups is 1. The third kappa shape index (κ3) is 4.96. The number of rotatable bonds is 5. The molecule has 7 heteroatoms. The Balaban J connectivity index is 1.79. The highest BCUT2D eigenvalue weighted by atomic mass is 35.5. The lowest BCUT2D eigenvalue weighted by atomic mass is 10.1. The number of anilines is 2. The van der Waals surface area contributed by atoms with Crippen molar-refractivity contribution in [3.8, 4) is 0 Å². The molecule has 0 unspecified atom stereocenters. The summed E-state index contributed by atoms with van der Waals surface area (Å²) in [5.41, 5.74) is 4.23. The van der Waals surface area contributed by atoms with Crippen molar-refractivity contribution in [2.75, 3.05) is 10.0 Å².